The Morgan fingerprint density at radius 1 is 1.30 bits per heavy atom. The first-order valence-corrected chi connectivity index (χ1v) is 12.3. The first-order valence-electron chi connectivity index (χ1n) is 11.5. The Morgan fingerprint density at radius 3 is 2.97 bits per heavy atom. The van der Waals surface area contributed by atoms with E-state index in [9.17, 15) is 5.11 Å². The molecule has 8 nitrogen and oxygen atoms in total. The predicted molar refractivity (Wildman–Crippen MR) is 132 cm³/mol. The van der Waals surface area contributed by atoms with Crippen LogP contribution in [0.5, 0.6) is 0 Å². The minimum atomic E-state index is -0.926. The number of anilines is 1. The fourth-order valence-corrected chi connectivity index (χ4v) is 5.50. The Balaban J connectivity index is 1.39. The Morgan fingerprint density at radius 2 is 2.15 bits per heavy atom. The van der Waals surface area contributed by atoms with E-state index in [1.54, 1.807) is 11.3 Å². The van der Waals surface area contributed by atoms with Crippen molar-refractivity contribution >= 4 is 38.4 Å². The standard InChI is InChI=1S/C24H30N6O2S/c1-4-29(5-2)15-24(3,31)22-11-19-21(33-22)13-25-23(27-19)30-9-10-32-20(14-30)16-7-6-8-18-17(16)12-26-28-18/h6-8,11-13,20,31H,4-5,9-10,14-15H2,1-3H3,(H,26,28). The van der Waals surface area contributed by atoms with E-state index in [4.69, 9.17) is 9.72 Å². The van der Waals surface area contributed by atoms with E-state index in [1.165, 1.54) is 0 Å². The molecule has 0 amide bonds. The molecule has 0 spiro atoms. The van der Waals surface area contributed by atoms with Gasteiger partial charge in [-0.2, -0.15) is 5.10 Å². The maximum atomic E-state index is 11.2. The van der Waals surface area contributed by atoms with Gasteiger partial charge in [0.25, 0.3) is 0 Å². The van der Waals surface area contributed by atoms with E-state index < -0.39 is 5.60 Å². The predicted octanol–water partition coefficient (Wildman–Crippen LogP) is 3.69. The number of hydrogen-bond acceptors (Lipinski definition) is 8. The number of H-pyrrole nitrogens is 1. The Kier molecular flexibility index (Phi) is 6.05. The lowest BCUT2D eigenvalue weighted by molar-refractivity contribution is 0.0221. The van der Waals surface area contributed by atoms with E-state index in [0.717, 1.165) is 51.2 Å². The first-order chi connectivity index (χ1) is 16.0. The second kappa shape index (κ2) is 8.98. The average Bonchev–Trinajstić information content (AvgIpc) is 3.49. The maximum absolute atomic E-state index is 11.2. The molecule has 174 valence electrons. The van der Waals surface area contributed by atoms with Gasteiger partial charge in [-0.1, -0.05) is 26.0 Å². The summed E-state index contributed by atoms with van der Waals surface area (Å²) < 4.78 is 7.10. The topological polar surface area (TPSA) is 90.4 Å². The number of likely N-dealkylation sites (N-methyl/N-ethyl adjacent to an activating group) is 1. The number of aliphatic hydroxyl groups is 1. The van der Waals surface area contributed by atoms with E-state index >= 15 is 0 Å². The summed E-state index contributed by atoms with van der Waals surface area (Å²) in [6.07, 6.45) is 3.65. The lowest BCUT2D eigenvalue weighted by Crippen LogP contribution is -2.39. The lowest BCUT2D eigenvalue weighted by atomic mass is 10.0. The minimum absolute atomic E-state index is 0.0767. The molecule has 2 unspecified atom stereocenters. The fraction of sp³-hybridized carbons (Fsp3) is 0.458. The summed E-state index contributed by atoms with van der Waals surface area (Å²) in [5, 5.41) is 19.4. The molecule has 9 heteroatoms. The highest BCUT2D eigenvalue weighted by molar-refractivity contribution is 7.19. The number of rotatable bonds is 7. The second-order valence-corrected chi connectivity index (χ2v) is 9.83. The van der Waals surface area contributed by atoms with Crippen LogP contribution in [0, 0.1) is 0 Å². The van der Waals surface area contributed by atoms with Crippen molar-refractivity contribution in [2.45, 2.75) is 32.5 Å². The maximum Gasteiger partial charge on any atom is 0.226 e. The summed E-state index contributed by atoms with van der Waals surface area (Å²) in [6, 6.07) is 8.16. The zero-order valence-electron chi connectivity index (χ0n) is 19.3. The third-order valence-corrected chi connectivity index (χ3v) is 7.74. The van der Waals surface area contributed by atoms with Crippen molar-refractivity contribution in [3.8, 4) is 0 Å². The largest absolute Gasteiger partial charge is 0.383 e. The number of benzene rings is 1. The number of aromatic amines is 1. The molecular formula is C24H30N6O2S. The second-order valence-electron chi connectivity index (χ2n) is 8.75. The number of thiophene rings is 1. The highest BCUT2D eigenvalue weighted by atomic mass is 32.1. The quantitative estimate of drug-likeness (QED) is 0.429. The highest BCUT2D eigenvalue weighted by Gasteiger charge is 2.29. The van der Waals surface area contributed by atoms with Gasteiger partial charge in [-0.15, -0.1) is 11.3 Å². The molecule has 3 aromatic heterocycles. The summed E-state index contributed by atoms with van der Waals surface area (Å²) in [4.78, 5) is 14.8. The molecule has 33 heavy (non-hydrogen) atoms. The Bertz CT molecular complexity index is 1250. The van der Waals surface area contributed by atoms with Crippen LogP contribution in [0.25, 0.3) is 21.1 Å². The Hall–Kier alpha value is -2.59. The molecule has 0 aliphatic carbocycles. The third-order valence-electron chi connectivity index (χ3n) is 6.43. The first kappa shape index (κ1) is 22.2. The van der Waals surface area contributed by atoms with Crippen LogP contribution in [0.1, 0.15) is 37.3 Å². The van der Waals surface area contributed by atoms with E-state index in [2.05, 4.69) is 44.9 Å². The van der Waals surface area contributed by atoms with Gasteiger partial charge in [0.15, 0.2) is 0 Å². The van der Waals surface area contributed by atoms with Crippen LogP contribution in [-0.2, 0) is 10.3 Å². The van der Waals surface area contributed by atoms with Crippen molar-refractivity contribution in [1.82, 2.24) is 25.1 Å². The molecule has 1 saturated heterocycles. The van der Waals surface area contributed by atoms with E-state index in [1.807, 2.05) is 37.5 Å². The number of hydrogen-bond donors (Lipinski definition) is 2. The van der Waals surface area contributed by atoms with Gasteiger partial charge in [0.1, 0.15) is 11.7 Å². The molecule has 2 N–H and O–H groups in total. The number of ether oxygens (including phenoxy) is 1. The van der Waals surface area contributed by atoms with Gasteiger partial charge in [0, 0.05) is 23.4 Å². The van der Waals surface area contributed by atoms with Crippen molar-refractivity contribution in [2.75, 3.05) is 44.2 Å². The number of aromatic nitrogens is 4. The van der Waals surface area contributed by atoms with Gasteiger partial charge < -0.3 is 19.6 Å². The molecular weight excluding hydrogens is 436 g/mol. The van der Waals surface area contributed by atoms with Crippen LogP contribution in [0.3, 0.4) is 0 Å². The SMILES string of the molecule is CCN(CC)CC(C)(O)c1cc2nc(N3CCOC(c4cccc5[nH]ncc45)C3)ncc2s1. The van der Waals surface area contributed by atoms with Crippen LogP contribution in [-0.4, -0.2) is 69.5 Å². The van der Waals surface area contributed by atoms with Crippen molar-refractivity contribution < 1.29 is 9.84 Å². The Labute approximate surface area is 197 Å². The lowest BCUT2D eigenvalue weighted by Gasteiger charge is -2.33. The van der Waals surface area contributed by atoms with Crippen LogP contribution in [0.15, 0.2) is 36.7 Å². The van der Waals surface area contributed by atoms with Crippen molar-refractivity contribution in [3.05, 3.63) is 47.1 Å². The highest BCUT2D eigenvalue weighted by Crippen LogP contribution is 2.34. The minimum Gasteiger partial charge on any atom is -0.383 e. The van der Waals surface area contributed by atoms with Gasteiger partial charge in [-0.25, -0.2) is 9.97 Å². The molecule has 2 atom stereocenters. The summed E-state index contributed by atoms with van der Waals surface area (Å²) in [7, 11) is 0. The van der Waals surface area contributed by atoms with E-state index in [-0.39, 0.29) is 6.10 Å². The van der Waals surface area contributed by atoms with Crippen LogP contribution in [0.4, 0.5) is 5.95 Å². The molecule has 0 saturated carbocycles. The normalized spacial score (nSPS) is 18.9. The van der Waals surface area contributed by atoms with Gasteiger partial charge in [0.2, 0.25) is 5.95 Å². The monoisotopic (exact) mass is 466 g/mol. The molecule has 4 heterocycles. The molecule has 0 bridgehead atoms. The third kappa shape index (κ3) is 4.33. The number of fused-ring (bicyclic) bond motifs is 2. The van der Waals surface area contributed by atoms with Gasteiger partial charge >= 0.3 is 0 Å². The average molecular weight is 467 g/mol. The number of nitrogens with one attached hydrogen (secondary N) is 1. The summed E-state index contributed by atoms with van der Waals surface area (Å²) in [5.41, 5.74) is 2.08. The van der Waals surface area contributed by atoms with Crippen molar-refractivity contribution in [1.29, 1.82) is 0 Å². The number of morpholine rings is 1. The zero-order valence-corrected chi connectivity index (χ0v) is 20.1. The molecule has 4 aromatic rings. The van der Waals surface area contributed by atoms with E-state index in [0.29, 0.717) is 25.6 Å². The van der Waals surface area contributed by atoms with Gasteiger partial charge in [0.05, 0.1) is 41.3 Å². The molecule has 1 aromatic carbocycles. The molecule has 0 radical (unpaired) electrons. The van der Waals surface area contributed by atoms with Crippen molar-refractivity contribution in [3.63, 3.8) is 0 Å². The zero-order chi connectivity index (χ0) is 23.0. The van der Waals surface area contributed by atoms with Crippen LogP contribution in [0.2, 0.25) is 0 Å². The molecule has 1 aliphatic rings. The van der Waals surface area contributed by atoms with Crippen LogP contribution < -0.4 is 4.90 Å². The smallest absolute Gasteiger partial charge is 0.226 e. The molecule has 1 fully saturated rings. The summed E-state index contributed by atoms with van der Waals surface area (Å²) in [5.74, 6) is 0.697. The van der Waals surface area contributed by atoms with Crippen molar-refractivity contribution in [2.24, 2.45) is 0 Å². The van der Waals surface area contributed by atoms with Gasteiger partial charge in [-0.05, 0) is 37.7 Å². The van der Waals surface area contributed by atoms with Gasteiger partial charge in [-0.3, -0.25) is 5.10 Å². The number of nitrogens with zero attached hydrogens (tertiary/aromatic N) is 5. The molecule has 5 rings (SSSR count). The molecule has 1 aliphatic heterocycles. The van der Waals surface area contributed by atoms with Crippen LogP contribution >= 0.6 is 11.3 Å². The summed E-state index contributed by atoms with van der Waals surface area (Å²) in [6.45, 7) is 10.5. The fourth-order valence-electron chi connectivity index (χ4n) is 4.50. The summed E-state index contributed by atoms with van der Waals surface area (Å²) >= 11 is 1.57.